The monoisotopic (exact) mass is 409 g/mol. The highest BCUT2D eigenvalue weighted by molar-refractivity contribution is 7.89. The zero-order valence-electron chi connectivity index (χ0n) is 14.5. The van der Waals surface area contributed by atoms with Gasteiger partial charge >= 0.3 is 0 Å². The Balaban J connectivity index is 1.59. The van der Waals surface area contributed by atoms with Crippen LogP contribution in [-0.2, 0) is 10.0 Å². The molecule has 0 atom stereocenters. The Kier molecular flexibility index (Phi) is 5.98. The Labute approximate surface area is 163 Å². The van der Waals surface area contributed by atoms with E-state index in [0.29, 0.717) is 48.1 Å². The van der Waals surface area contributed by atoms with Crippen molar-refractivity contribution in [1.29, 1.82) is 0 Å². The van der Waals surface area contributed by atoms with Crippen LogP contribution in [0.25, 0.3) is 0 Å². The number of piperidine rings is 1. The second kappa shape index (κ2) is 8.24. The van der Waals surface area contributed by atoms with Crippen LogP contribution in [0.3, 0.4) is 0 Å². The summed E-state index contributed by atoms with van der Waals surface area (Å²) in [5, 5.41) is 14.6. The number of sulfonamides is 1. The quantitative estimate of drug-likeness (QED) is 0.579. The van der Waals surface area contributed by atoms with Crippen molar-refractivity contribution in [1.82, 2.24) is 4.31 Å². The summed E-state index contributed by atoms with van der Waals surface area (Å²) in [7, 11) is -3.47. The summed E-state index contributed by atoms with van der Waals surface area (Å²) < 4.78 is 26.8. The molecule has 144 valence electrons. The van der Waals surface area contributed by atoms with Crippen LogP contribution in [0.2, 0.25) is 5.02 Å². The number of halogens is 1. The summed E-state index contributed by atoms with van der Waals surface area (Å²) in [4.78, 5) is 11.0. The van der Waals surface area contributed by atoms with Crippen molar-refractivity contribution < 1.29 is 13.3 Å². The fraction of sp³-hybridized carbons (Fsp3) is 0.333. The van der Waals surface area contributed by atoms with Gasteiger partial charge in [-0.05, 0) is 43.0 Å². The summed E-state index contributed by atoms with van der Waals surface area (Å²) in [5.74, 6) is 0.238. The molecule has 0 unspecified atom stereocenters. The van der Waals surface area contributed by atoms with E-state index in [0.717, 1.165) is 0 Å². The van der Waals surface area contributed by atoms with Gasteiger partial charge in [0.1, 0.15) is 5.69 Å². The predicted molar refractivity (Wildman–Crippen MR) is 105 cm³/mol. The van der Waals surface area contributed by atoms with E-state index in [2.05, 4.69) is 5.32 Å². The average molecular weight is 410 g/mol. The Bertz CT molecular complexity index is 913. The van der Waals surface area contributed by atoms with Gasteiger partial charge in [0.05, 0.1) is 9.82 Å². The van der Waals surface area contributed by atoms with Crippen LogP contribution in [0.1, 0.15) is 12.8 Å². The minimum Gasteiger partial charge on any atom is -0.379 e. The van der Waals surface area contributed by atoms with E-state index in [1.807, 2.05) is 0 Å². The maximum atomic E-state index is 12.6. The summed E-state index contributed by atoms with van der Waals surface area (Å²) >= 11 is 5.82. The fourth-order valence-corrected chi connectivity index (χ4v) is 4.81. The Morgan fingerprint density at radius 3 is 2.44 bits per heavy atom. The molecule has 1 N–H and O–H groups in total. The molecular weight excluding hydrogens is 390 g/mol. The van der Waals surface area contributed by atoms with Gasteiger partial charge in [-0.2, -0.15) is 4.31 Å². The molecule has 2 aromatic rings. The van der Waals surface area contributed by atoms with Gasteiger partial charge in [0.15, 0.2) is 0 Å². The van der Waals surface area contributed by atoms with Crippen molar-refractivity contribution in [2.24, 2.45) is 5.92 Å². The SMILES string of the molecule is O=[N+]([O-])c1cc(Cl)ccc1NCC1CCN(S(=O)(=O)c2ccccc2)CC1. The van der Waals surface area contributed by atoms with Gasteiger partial charge in [-0.3, -0.25) is 10.1 Å². The van der Waals surface area contributed by atoms with Crippen molar-refractivity contribution >= 4 is 33.0 Å². The van der Waals surface area contributed by atoms with Gasteiger partial charge in [-0.15, -0.1) is 0 Å². The number of nitrogens with one attached hydrogen (secondary N) is 1. The van der Waals surface area contributed by atoms with Gasteiger partial charge < -0.3 is 5.32 Å². The largest absolute Gasteiger partial charge is 0.379 e. The number of nitrogens with zero attached hydrogens (tertiary/aromatic N) is 2. The zero-order chi connectivity index (χ0) is 19.4. The van der Waals surface area contributed by atoms with Gasteiger partial charge in [0.25, 0.3) is 5.69 Å². The first-order valence-electron chi connectivity index (χ1n) is 8.61. The molecular formula is C18H20ClN3O4S. The number of benzene rings is 2. The second-order valence-electron chi connectivity index (χ2n) is 6.46. The van der Waals surface area contributed by atoms with E-state index in [9.17, 15) is 18.5 Å². The van der Waals surface area contributed by atoms with Crippen LogP contribution < -0.4 is 5.32 Å². The van der Waals surface area contributed by atoms with Crippen LogP contribution in [0.4, 0.5) is 11.4 Å². The highest BCUT2D eigenvalue weighted by Gasteiger charge is 2.29. The molecule has 7 nitrogen and oxygen atoms in total. The minimum absolute atomic E-state index is 0.0633. The van der Waals surface area contributed by atoms with Crippen LogP contribution in [0.5, 0.6) is 0 Å². The van der Waals surface area contributed by atoms with Crippen molar-refractivity contribution in [2.45, 2.75) is 17.7 Å². The van der Waals surface area contributed by atoms with Gasteiger partial charge in [-0.25, -0.2) is 8.42 Å². The van der Waals surface area contributed by atoms with Crippen LogP contribution in [0, 0.1) is 16.0 Å². The first-order valence-corrected chi connectivity index (χ1v) is 10.4. The third kappa shape index (κ3) is 4.58. The number of hydrogen-bond acceptors (Lipinski definition) is 5. The van der Waals surface area contributed by atoms with Gasteiger partial charge in [-0.1, -0.05) is 29.8 Å². The average Bonchev–Trinajstić information content (AvgIpc) is 2.68. The first kappa shape index (κ1) is 19.6. The van der Waals surface area contributed by atoms with E-state index >= 15 is 0 Å². The lowest BCUT2D eigenvalue weighted by Gasteiger charge is -2.31. The molecule has 0 radical (unpaired) electrons. The molecule has 0 amide bonds. The lowest BCUT2D eigenvalue weighted by molar-refractivity contribution is -0.383. The highest BCUT2D eigenvalue weighted by Crippen LogP contribution is 2.29. The maximum absolute atomic E-state index is 12.6. The third-order valence-corrected chi connectivity index (χ3v) is 6.84. The molecule has 0 bridgehead atoms. The van der Waals surface area contributed by atoms with Crippen molar-refractivity contribution in [3.05, 3.63) is 63.7 Å². The zero-order valence-corrected chi connectivity index (χ0v) is 16.1. The molecule has 0 spiro atoms. The molecule has 1 fully saturated rings. The summed E-state index contributed by atoms with van der Waals surface area (Å²) in [6.45, 7) is 1.42. The molecule has 1 heterocycles. The van der Waals surface area contributed by atoms with Crippen molar-refractivity contribution in [2.75, 3.05) is 25.0 Å². The molecule has 3 rings (SSSR count). The molecule has 1 saturated heterocycles. The number of rotatable bonds is 6. The first-order chi connectivity index (χ1) is 12.9. The van der Waals surface area contributed by atoms with Crippen LogP contribution >= 0.6 is 11.6 Å². The highest BCUT2D eigenvalue weighted by atomic mass is 35.5. The van der Waals surface area contributed by atoms with E-state index in [-0.39, 0.29) is 11.6 Å². The molecule has 0 aliphatic carbocycles. The normalized spacial score (nSPS) is 16.2. The third-order valence-electron chi connectivity index (χ3n) is 4.69. The van der Waals surface area contributed by atoms with Crippen molar-refractivity contribution in [3.8, 4) is 0 Å². The second-order valence-corrected chi connectivity index (χ2v) is 8.83. The predicted octanol–water partition coefficient (Wildman–Crippen LogP) is 3.76. The standard InChI is InChI=1S/C18H20ClN3O4S/c19-15-6-7-17(18(12-15)22(23)24)20-13-14-8-10-21(11-9-14)27(25,26)16-4-2-1-3-5-16/h1-7,12,14,20H,8-11,13H2. The van der Waals surface area contributed by atoms with E-state index in [1.54, 1.807) is 42.5 Å². The molecule has 1 aliphatic heterocycles. The van der Waals surface area contributed by atoms with Crippen LogP contribution in [0.15, 0.2) is 53.4 Å². The van der Waals surface area contributed by atoms with Gasteiger partial charge in [0.2, 0.25) is 10.0 Å². The Morgan fingerprint density at radius 1 is 1.15 bits per heavy atom. The van der Waals surface area contributed by atoms with E-state index in [1.165, 1.54) is 10.4 Å². The Morgan fingerprint density at radius 2 is 1.81 bits per heavy atom. The topological polar surface area (TPSA) is 92.6 Å². The molecule has 9 heteroatoms. The van der Waals surface area contributed by atoms with E-state index in [4.69, 9.17) is 11.6 Å². The fourth-order valence-electron chi connectivity index (χ4n) is 3.15. The molecule has 27 heavy (non-hydrogen) atoms. The Hall–Kier alpha value is -2.16. The lowest BCUT2D eigenvalue weighted by atomic mass is 9.98. The van der Waals surface area contributed by atoms with E-state index < -0.39 is 14.9 Å². The molecule has 2 aromatic carbocycles. The van der Waals surface area contributed by atoms with Crippen molar-refractivity contribution in [3.63, 3.8) is 0 Å². The summed E-state index contributed by atoms with van der Waals surface area (Å²) in [6, 6.07) is 12.9. The summed E-state index contributed by atoms with van der Waals surface area (Å²) in [5.41, 5.74) is 0.357. The maximum Gasteiger partial charge on any atom is 0.293 e. The smallest absolute Gasteiger partial charge is 0.293 e. The number of nitro groups is 1. The van der Waals surface area contributed by atoms with Gasteiger partial charge in [0, 0.05) is 30.7 Å². The number of hydrogen-bond donors (Lipinski definition) is 1. The molecule has 0 saturated carbocycles. The minimum atomic E-state index is -3.47. The summed E-state index contributed by atoms with van der Waals surface area (Å²) in [6.07, 6.45) is 1.39. The lowest BCUT2D eigenvalue weighted by Crippen LogP contribution is -2.39. The number of nitro benzene ring substituents is 1. The van der Waals surface area contributed by atoms with Crippen LogP contribution in [-0.4, -0.2) is 37.3 Å². The molecule has 1 aliphatic rings. The number of anilines is 1. The molecule has 0 aromatic heterocycles.